The Balaban J connectivity index is 2.73. The van der Waals surface area contributed by atoms with Crippen molar-refractivity contribution in [1.29, 1.82) is 0 Å². The lowest BCUT2D eigenvalue weighted by atomic mass is 10.1. The van der Waals surface area contributed by atoms with Gasteiger partial charge in [0.1, 0.15) is 0 Å². The lowest BCUT2D eigenvalue weighted by molar-refractivity contribution is -0.144. The Labute approximate surface area is 160 Å². The summed E-state index contributed by atoms with van der Waals surface area (Å²) < 4.78 is 156. The number of benzene rings is 2. The summed E-state index contributed by atoms with van der Waals surface area (Å²) in [6.45, 7) is 0. The zero-order valence-electron chi connectivity index (χ0n) is 13.9. The van der Waals surface area contributed by atoms with E-state index in [0.29, 0.717) is 0 Å². The van der Waals surface area contributed by atoms with Crippen molar-refractivity contribution >= 4 is 18.8 Å². The molecule has 14 heteroatoms. The van der Waals surface area contributed by atoms with Gasteiger partial charge in [0, 0.05) is 10.6 Å². The number of alkyl halides is 12. The molecule has 2 rings (SSSR count). The van der Waals surface area contributed by atoms with Crippen LogP contribution in [-0.4, -0.2) is 4.89 Å². The molecule has 0 amide bonds. The summed E-state index contributed by atoms with van der Waals surface area (Å²) in [6, 6.07) is -0.248. The van der Waals surface area contributed by atoms with E-state index in [1.165, 1.54) is 0 Å². The van der Waals surface area contributed by atoms with Gasteiger partial charge in [0.2, 0.25) is 0 Å². The molecule has 1 nitrogen and oxygen atoms in total. The highest BCUT2D eigenvalue weighted by Crippen LogP contribution is 2.43. The third-order valence-corrected chi connectivity index (χ3v) is 5.41. The van der Waals surface area contributed by atoms with Crippen LogP contribution in [0.4, 0.5) is 52.7 Å². The molecule has 0 saturated heterocycles. The first kappa shape index (κ1) is 24.3. The van der Waals surface area contributed by atoms with Crippen LogP contribution in [0.1, 0.15) is 22.3 Å². The van der Waals surface area contributed by atoms with E-state index in [0.717, 1.165) is 0 Å². The maximum atomic E-state index is 13.2. The summed E-state index contributed by atoms with van der Waals surface area (Å²) in [7, 11) is -3.61. The molecule has 0 radical (unpaired) electrons. The average molecular weight is 474 g/mol. The van der Waals surface area contributed by atoms with Crippen molar-refractivity contribution in [3.8, 4) is 0 Å². The van der Waals surface area contributed by atoms with E-state index in [4.69, 9.17) is 0 Å². The largest absolute Gasteiger partial charge is 0.417 e. The van der Waals surface area contributed by atoms with Gasteiger partial charge in [0.15, 0.2) is 0 Å². The number of hydrogen-bond donors (Lipinski definition) is 1. The van der Waals surface area contributed by atoms with Crippen LogP contribution in [-0.2, 0) is 24.7 Å². The standard InChI is InChI=1S/C16H7F12OP/c17-13(18,19)7-1-3-11(9(5-7)15(23,24)25)30(29)12-4-2-8(14(20,21)22)6-10(12)16(26,27)28/h1-6,29H. The second kappa shape index (κ2) is 7.60. The molecule has 2 aromatic rings. The fourth-order valence-electron chi connectivity index (χ4n) is 2.38. The molecular weight excluding hydrogens is 467 g/mol. The highest BCUT2D eigenvalue weighted by Gasteiger charge is 2.43. The molecule has 0 atom stereocenters. The SMILES string of the molecule is OP(c1ccc(C(F)(F)F)cc1C(F)(F)F)c1ccc(C(F)(F)F)cc1C(F)(F)F. The summed E-state index contributed by atoms with van der Waals surface area (Å²) in [5.74, 6) is 0. The summed E-state index contributed by atoms with van der Waals surface area (Å²) in [5.41, 5.74) is -7.66. The fourth-order valence-corrected chi connectivity index (χ4v) is 3.91. The predicted octanol–water partition coefficient (Wildman–Crippen LogP) is 6.10. The lowest BCUT2D eigenvalue weighted by Crippen LogP contribution is -2.27. The monoisotopic (exact) mass is 474 g/mol. The second-order valence-corrected chi connectivity index (χ2v) is 7.35. The summed E-state index contributed by atoms with van der Waals surface area (Å²) >= 11 is 0. The highest BCUT2D eigenvalue weighted by atomic mass is 31.1. The van der Waals surface area contributed by atoms with Gasteiger partial charge in [-0.05, 0) is 24.3 Å². The lowest BCUT2D eigenvalue weighted by Gasteiger charge is -2.22. The van der Waals surface area contributed by atoms with Gasteiger partial charge in [-0.2, -0.15) is 52.7 Å². The average Bonchev–Trinajstić information content (AvgIpc) is 2.57. The van der Waals surface area contributed by atoms with Crippen molar-refractivity contribution < 1.29 is 57.6 Å². The van der Waals surface area contributed by atoms with Crippen LogP contribution in [0.15, 0.2) is 36.4 Å². The van der Waals surface area contributed by atoms with E-state index < -0.39 is 77.8 Å². The van der Waals surface area contributed by atoms with Gasteiger partial charge in [-0.25, -0.2) is 0 Å². The van der Waals surface area contributed by atoms with Gasteiger partial charge in [0.05, 0.1) is 30.4 Å². The Kier molecular flexibility index (Phi) is 6.14. The van der Waals surface area contributed by atoms with Crippen LogP contribution in [0.3, 0.4) is 0 Å². The maximum Gasteiger partial charge on any atom is 0.417 e. The topological polar surface area (TPSA) is 20.2 Å². The van der Waals surface area contributed by atoms with Crippen LogP contribution in [0, 0.1) is 0 Å². The molecule has 0 bridgehead atoms. The Morgan fingerprint density at radius 1 is 0.500 bits per heavy atom. The van der Waals surface area contributed by atoms with Crippen LogP contribution in [0.25, 0.3) is 0 Å². The molecule has 0 spiro atoms. The van der Waals surface area contributed by atoms with Crippen molar-refractivity contribution in [3.63, 3.8) is 0 Å². The molecule has 2 aromatic carbocycles. The van der Waals surface area contributed by atoms with E-state index in [1.807, 2.05) is 0 Å². The summed E-state index contributed by atoms with van der Waals surface area (Å²) in [6.07, 6.45) is -21.4. The molecule has 0 fully saturated rings. The third kappa shape index (κ3) is 5.18. The molecule has 1 N–H and O–H groups in total. The third-order valence-electron chi connectivity index (χ3n) is 3.71. The van der Waals surface area contributed by atoms with Gasteiger partial charge >= 0.3 is 24.7 Å². The van der Waals surface area contributed by atoms with Crippen LogP contribution < -0.4 is 10.6 Å². The van der Waals surface area contributed by atoms with Gasteiger partial charge in [-0.3, -0.25) is 0 Å². The van der Waals surface area contributed by atoms with Crippen molar-refractivity contribution in [2.45, 2.75) is 24.7 Å². The smallest absolute Gasteiger partial charge is 0.364 e. The molecule has 0 unspecified atom stereocenters. The van der Waals surface area contributed by atoms with Gasteiger partial charge in [-0.15, -0.1) is 0 Å². The number of rotatable bonds is 2. The van der Waals surface area contributed by atoms with Crippen molar-refractivity contribution in [3.05, 3.63) is 58.7 Å². The first-order valence-electron chi connectivity index (χ1n) is 7.39. The molecule has 0 heterocycles. The van der Waals surface area contributed by atoms with Crippen LogP contribution >= 0.6 is 8.15 Å². The Bertz CT molecular complexity index is 848. The van der Waals surface area contributed by atoms with E-state index in [2.05, 4.69) is 0 Å². The molecule has 0 aliphatic heterocycles. The fraction of sp³-hybridized carbons (Fsp3) is 0.250. The van der Waals surface area contributed by atoms with Crippen molar-refractivity contribution in [1.82, 2.24) is 0 Å². The van der Waals surface area contributed by atoms with Gasteiger partial charge in [0.25, 0.3) is 0 Å². The van der Waals surface area contributed by atoms with Crippen molar-refractivity contribution in [2.24, 2.45) is 0 Å². The summed E-state index contributed by atoms with van der Waals surface area (Å²) in [5, 5.41) is -2.65. The Morgan fingerprint density at radius 2 is 0.800 bits per heavy atom. The Hall–Kier alpha value is -2.01. The number of hydrogen-bond acceptors (Lipinski definition) is 1. The zero-order valence-corrected chi connectivity index (χ0v) is 14.8. The Morgan fingerprint density at radius 3 is 1.03 bits per heavy atom. The maximum absolute atomic E-state index is 13.2. The first-order valence-corrected chi connectivity index (χ1v) is 8.69. The minimum absolute atomic E-state index is 0.119. The molecule has 0 saturated carbocycles. The second-order valence-electron chi connectivity index (χ2n) is 5.77. The van der Waals surface area contributed by atoms with Crippen molar-refractivity contribution in [2.75, 3.05) is 0 Å². The van der Waals surface area contributed by atoms with Crippen LogP contribution in [0.2, 0.25) is 0 Å². The molecule has 0 aliphatic carbocycles. The van der Waals surface area contributed by atoms with E-state index in [-0.39, 0.29) is 24.3 Å². The minimum Gasteiger partial charge on any atom is -0.364 e. The van der Waals surface area contributed by atoms with E-state index in [1.54, 1.807) is 0 Å². The normalized spacial score (nSPS) is 13.8. The highest BCUT2D eigenvalue weighted by molar-refractivity contribution is 7.67. The van der Waals surface area contributed by atoms with Crippen LogP contribution in [0.5, 0.6) is 0 Å². The van der Waals surface area contributed by atoms with E-state index >= 15 is 0 Å². The number of halogens is 12. The quantitative estimate of drug-likeness (QED) is 0.412. The van der Waals surface area contributed by atoms with Gasteiger partial charge < -0.3 is 4.89 Å². The molecular formula is C16H7F12OP. The zero-order chi connectivity index (χ0) is 23.3. The molecule has 0 aliphatic rings. The minimum atomic E-state index is -5.50. The molecule has 30 heavy (non-hydrogen) atoms. The van der Waals surface area contributed by atoms with Gasteiger partial charge in [-0.1, -0.05) is 12.1 Å². The summed E-state index contributed by atoms with van der Waals surface area (Å²) in [4.78, 5) is 10.2. The van der Waals surface area contributed by atoms with E-state index in [9.17, 15) is 57.6 Å². The molecule has 166 valence electrons. The first-order chi connectivity index (χ1) is 13.3. The molecule has 0 aromatic heterocycles. The predicted molar refractivity (Wildman–Crippen MR) is 81.3 cm³/mol.